The number of nitrogens with zero attached hydrogens (tertiary/aromatic N) is 2. The minimum atomic E-state index is -4.34. The average molecular weight is 290 g/mol. The molecule has 0 bridgehead atoms. The number of rotatable bonds is 2. The first-order valence-corrected chi connectivity index (χ1v) is 6.34. The summed E-state index contributed by atoms with van der Waals surface area (Å²) >= 11 is 0. The third kappa shape index (κ3) is 3.40. The molecule has 0 N–H and O–H groups in total. The van der Waals surface area contributed by atoms with Crippen LogP contribution in [0.1, 0.15) is 33.6 Å². The lowest BCUT2D eigenvalue weighted by atomic mass is 10.0. The summed E-state index contributed by atoms with van der Waals surface area (Å²) in [5, 5.41) is 9.18. The summed E-state index contributed by atoms with van der Waals surface area (Å²) in [6.45, 7) is 3.65. The number of aryl methyl sites for hydroxylation is 2. The van der Waals surface area contributed by atoms with E-state index in [2.05, 4.69) is 11.1 Å². The molecule has 5 heteroatoms. The monoisotopic (exact) mass is 290 g/mol. The van der Waals surface area contributed by atoms with Gasteiger partial charge in [0.05, 0.1) is 16.8 Å². The Morgan fingerprint density at radius 1 is 1.14 bits per heavy atom. The maximum absolute atomic E-state index is 12.5. The first-order chi connectivity index (χ1) is 9.81. The summed E-state index contributed by atoms with van der Waals surface area (Å²) < 4.78 is 37.5. The van der Waals surface area contributed by atoms with E-state index in [9.17, 15) is 18.4 Å². The van der Waals surface area contributed by atoms with Crippen LogP contribution >= 0.6 is 0 Å². The summed E-state index contributed by atoms with van der Waals surface area (Å²) in [5.74, 6) is 0. The summed E-state index contributed by atoms with van der Waals surface area (Å²) in [5.41, 5.74) is 2.70. The highest BCUT2D eigenvalue weighted by Gasteiger charge is 2.29. The van der Waals surface area contributed by atoms with Crippen molar-refractivity contribution in [3.8, 4) is 6.07 Å². The van der Waals surface area contributed by atoms with Crippen LogP contribution < -0.4 is 0 Å². The third-order valence-corrected chi connectivity index (χ3v) is 3.18. The van der Waals surface area contributed by atoms with E-state index < -0.39 is 11.7 Å². The van der Waals surface area contributed by atoms with Crippen LogP contribution in [-0.4, -0.2) is 4.98 Å². The van der Waals surface area contributed by atoms with Gasteiger partial charge in [-0.25, -0.2) is 0 Å². The molecule has 0 fully saturated rings. The van der Waals surface area contributed by atoms with E-state index in [0.717, 1.165) is 23.4 Å². The lowest BCUT2D eigenvalue weighted by Gasteiger charge is -2.10. The van der Waals surface area contributed by atoms with Crippen LogP contribution in [0.3, 0.4) is 0 Å². The molecule has 0 aliphatic rings. The second kappa shape index (κ2) is 5.57. The lowest BCUT2D eigenvalue weighted by molar-refractivity contribution is -0.137. The number of halogens is 3. The van der Waals surface area contributed by atoms with Crippen molar-refractivity contribution in [2.75, 3.05) is 0 Å². The van der Waals surface area contributed by atoms with Crippen LogP contribution in [0.5, 0.6) is 0 Å². The zero-order chi connectivity index (χ0) is 15.6. The molecule has 2 rings (SSSR count). The minimum absolute atomic E-state index is 0.337. The predicted octanol–water partition coefficient (Wildman–Crippen LogP) is 4.18. The summed E-state index contributed by atoms with van der Waals surface area (Å²) in [6.07, 6.45) is -4.00. The molecule has 0 radical (unpaired) electrons. The SMILES string of the molecule is Cc1cc(C)c(C#N)c(Cc2ccc(C(F)(F)F)cc2)n1. The maximum atomic E-state index is 12.5. The lowest BCUT2D eigenvalue weighted by Crippen LogP contribution is -2.05. The topological polar surface area (TPSA) is 36.7 Å². The molecule has 0 saturated heterocycles. The Bertz CT molecular complexity index is 695. The van der Waals surface area contributed by atoms with Gasteiger partial charge in [0, 0.05) is 12.1 Å². The van der Waals surface area contributed by atoms with Crippen molar-refractivity contribution in [1.29, 1.82) is 5.26 Å². The molecule has 1 aromatic carbocycles. The molecule has 108 valence electrons. The van der Waals surface area contributed by atoms with Crippen molar-refractivity contribution in [3.63, 3.8) is 0 Å². The van der Waals surface area contributed by atoms with Crippen LogP contribution in [0.25, 0.3) is 0 Å². The van der Waals surface area contributed by atoms with Gasteiger partial charge in [-0.05, 0) is 43.2 Å². The molecule has 2 nitrogen and oxygen atoms in total. The molecule has 2 aromatic rings. The smallest absolute Gasteiger partial charge is 0.256 e. The quantitative estimate of drug-likeness (QED) is 0.832. The number of benzene rings is 1. The number of alkyl halides is 3. The van der Waals surface area contributed by atoms with Crippen LogP contribution in [0.2, 0.25) is 0 Å². The number of pyridine rings is 1. The van der Waals surface area contributed by atoms with Gasteiger partial charge in [0.15, 0.2) is 0 Å². The highest BCUT2D eigenvalue weighted by Crippen LogP contribution is 2.29. The van der Waals surface area contributed by atoms with Gasteiger partial charge in [-0.15, -0.1) is 0 Å². The zero-order valence-electron chi connectivity index (χ0n) is 11.6. The molecule has 0 atom stereocenters. The van der Waals surface area contributed by atoms with E-state index in [1.807, 2.05) is 19.9 Å². The van der Waals surface area contributed by atoms with Crippen molar-refractivity contribution >= 4 is 0 Å². The number of hydrogen-bond donors (Lipinski definition) is 0. The Morgan fingerprint density at radius 3 is 2.29 bits per heavy atom. The Balaban J connectivity index is 2.33. The Labute approximate surface area is 120 Å². The Hall–Kier alpha value is -2.35. The van der Waals surface area contributed by atoms with Gasteiger partial charge >= 0.3 is 6.18 Å². The van der Waals surface area contributed by atoms with E-state index in [-0.39, 0.29) is 0 Å². The molecular weight excluding hydrogens is 277 g/mol. The Kier molecular flexibility index (Phi) is 3.99. The highest BCUT2D eigenvalue weighted by molar-refractivity contribution is 5.43. The van der Waals surface area contributed by atoms with Crippen LogP contribution in [0, 0.1) is 25.2 Å². The molecular formula is C16H13F3N2. The molecule has 0 unspecified atom stereocenters. The fraction of sp³-hybridized carbons (Fsp3) is 0.250. The van der Waals surface area contributed by atoms with Crippen molar-refractivity contribution < 1.29 is 13.2 Å². The van der Waals surface area contributed by atoms with Gasteiger partial charge in [-0.2, -0.15) is 18.4 Å². The fourth-order valence-electron chi connectivity index (χ4n) is 2.20. The van der Waals surface area contributed by atoms with Crippen LogP contribution in [-0.2, 0) is 12.6 Å². The number of aromatic nitrogens is 1. The molecule has 0 amide bonds. The van der Waals surface area contributed by atoms with Gasteiger partial charge < -0.3 is 0 Å². The first kappa shape index (κ1) is 15.0. The van der Waals surface area contributed by atoms with Crippen molar-refractivity contribution in [3.05, 3.63) is 64.0 Å². The molecule has 1 aromatic heterocycles. The van der Waals surface area contributed by atoms with E-state index in [0.29, 0.717) is 23.2 Å². The van der Waals surface area contributed by atoms with E-state index in [1.165, 1.54) is 12.1 Å². The van der Waals surface area contributed by atoms with Crippen molar-refractivity contribution in [2.24, 2.45) is 0 Å². The fourth-order valence-corrected chi connectivity index (χ4v) is 2.20. The second-order valence-corrected chi connectivity index (χ2v) is 4.89. The number of nitriles is 1. The molecule has 21 heavy (non-hydrogen) atoms. The number of hydrogen-bond acceptors (Lipinski definition) is 2. The van der Waals surface area contributed by atoms with E-state index >= 15 is 0 Å². The van der Waals surface area contributed by atoms with Gasteiger partial charge in [0.1, 0.15) is 6.07 Å². The normalized spacial score (nSPS) is 11.2. The van der Waals surface area contributed by atoms with Crippen molar-refractivity contribution in [2.45, 2.75) is 26.4 Å². The summed E-state index contributed by atoms with van der Waals surface area (Å²) in [6, 6.07) is 8.85. The standard InChI is InChI=1S/C16H13F3N2/c1-10-7-11(2)21-15(14(10)9-20)8-12-3-5-13(6-4-12)16(17,18)19/h3-7H,8H2,1-2H3. The van der Waals surface area contributed by atoms with Crippen molar-refractivity contribution in [1.82, 2.24) is 4.98 Å². The molecule has 1 heterocycles. The maximum Gasteiger partial charge on any atom is 0.416 e. The molecule has 0 spiro atoms. The van der Waals surface area contributed by atoms with Gasteiger partial charge in [-0.3, -0.25) is 4.98 Å². The largest absolute Gasteiger partial charge is 0.416 e. The third-order valence-electron chi connectivity index (χ3n) is 3.18. The van der Waals surface area contributed by atoms with E-state index in [1.54, 1.807) is 0 Å². The summed E-state index contributed by atoms with van der Waals surface area (Å²) in [4.78, 5) is 4.33. The minimum Gasteiger partial charge on any atom is -0.256 e. The molecule has 0 aliphatic heterocycles. The van der Waals surface area contributed by atoms with Gasteiger partial charge in [-0.1, -0.05) is 12.1 Å². The van der Waals surface area contributed by atoms with Gasteiger partial charge in [0.2, 0.25) is 0 Å². The van der Waals surface area contributed by atoms with E-state index in [4.69, 9.17) is 0 Å². The molecule has 0 aliphatic carbocycles. The van der Waals surface area contributed by atoms with Crippen LogP contribution in [0.15, 0.2) is 30.3 Å². The second-order valence-electron chi connectivity index (χ2n) is 4.89. The molecule has 0 saturated carbocycles. The van der Waals surface area contributed by atoms with Crippen LogP contribution in [0.4, 0.5) is 13.2 Å². The highest BCUT2D eigenvalue weighted by atomic mass is 19.4. The summed E-state index contributed by atoms with van der Waals surface area (Å²) in [7, 11) is 0. The van der Waals surface area contributed by atoms with Gasteiger partial charge in [0.25, 0.3) is 0 Å². The zero-order valence-corrected chi connectivity index (χ0v) is 11.6. The first-order valence-electron chi connectivity index (χ1n) is 6.34. The Morgan fingerprint density at radius 2 is 1.76 bits per heavy atom. The average Bonchev–Trinajstić information content (AvgIpc) is 2.38. The predicted molar refractivity (Wildman–Crippen MR) is 72.7 cm³/mol.